The fourth-order valence-electron chi connectivity index (χ4n) is 2.48. The molecule has 0 bridgehead atoms. The summed E-state index contributed by atoms with van der Waals surface area (Å²) in [4.78, 5) is 0.000882. The molecule has 4 nitrogen and oxygen atoms in total. The van der Waals surface area contributed by atoms with Crippen molar-refractivity contribution < 1.29 is 17.5 Å². The summed E-state index contributed by atoms with van der Waals surface area (Å²) < 4.78 is 43.5. The number of rotatable bonds is 3. The zero-order valence-electron chi connectivity index (χ0n) is 10.8. The Morgan fingerprint density at radius 3 is 2.74 bits per heavy atom. The maximum absolute atomic E-state index is 13.4. The van der Waals surface area contributed by atoms with Crippen LogP contribution in [-0.2, 0) is 14.6 Å². The molecule has 1 aliphatic rings. The van der Waals surface area contributed by atoms with E-state index in [1.807, 2.05) is 0 Å². The molecule has 1 aliphatic carbocycles. The largest absolute Gasteiger partial charge is 0.396 e. The van der Waals surface area contributed by atoms with E-state index in [2.05, 4.69) is 0 Å². The molecule has 0 aromatic heterocycles. The van der Waals surface area contributed by atoms with Gasteiger partial charge in [0.05, 0.1) is 21.9 Å². The second-order valence-electron chi connectivity index (χ2n) is 4.87. The van der Waals surface area contributed by atoms with Crippen molar-refractivity contribution in [2.24, 2.45) is 0 Å². The number of ether oxygens (including phenoxy) is 1. The Hall–Kier alpha value is -1.14. The lowest BCUT2D eigenvalue weighted by Gasteiger charge is -2.28. The highest BCUT2D eigenvalue weighted by molar-refractivity contribution is 7.92. The van der Waals surface area contributed by atoms with Crippen LogP contribution in [0.3, 0.4) is 0 Å². The molecule has 6 heteroatoms. The van der Waals surface area contributed by atoms with Crippen LogP contribution in [0.1, 0.15) is 25.7 Å². The van der Waals surface area contributed by atoms with Gasteiger partial charge in [0.15, 0.2) is 9.84 Å². The van der Waals surface area contributed by atoms with Crippen LogP contribution < -0.4 is 5.73 Å². The Labute approximate surface area is 112 Å². The Kier molecular flexibility index (Phi) is 4.10. The summed E-state index contributed by atoms with van der Waals surface area (Å²) in [5.41, 5.74) is 5.32. The summed E-state index contributed by atoms with van der Waals surface area (Å²) in [5.74, 6) is -0.694. The van der Waals surface area contributed by atoms with Crippen LogP contribution in [0.2, 0.25) is 0 Å². The number of methoxy groups -OCH3 is 1. The van der Waals surface area contributed by atoms with E-state index in [0.29, 0.717) is 12.8 Å². The molecule has 2 atom stereocenters. The molecule has 2 N–H and O–H groups in total. The molecule has 2 rings (SSSR count). The zero-order chi connectivity index (χ0) is 14.0. The SMILES string of the molecule is COC1CCCC(S(=O)(=O)c2ccc(N)c(F)c2)C1. The number of anilines is 1. The minimum Gasteiger partial charge on any atom is -0.396 e. The van der Waals surface area contributed by atoms with Gasteiger partial charge in [-0.25, -0.2) is 12.8 Å². The van der Waals surface area contributed by atoms with Crippen molar-refractivity contribution in [2.45, 2.75) is 41.9 Å². The monoisotopic (exact) mass is 287 g/mol. The molecule has 1 aromatic carbocycles. The zero-order valence-corrected chi connectivity index (χ0v) is 11.6. The minimum absolute atomic E-state index is 0.000882. The Morgan fingerprint density at radius 2 is 2.11 bits per heavy atom. The van der Waals surface area contributed by atoms with Crippen LogP contribution in [0.4, 0.5) is 10.1 Å². The molecule has 0 radical (unpaired) electrons. The summed E-state index contributed by atoms with van der Waals surface area (Å²) in [7, 11) is -1.93. The molecule has 0 spiro atoms. The first kappa shape index (κ1) is 14.3. The molecule has 0 aliphatic heterocycles. The van der Waals surface area contributed by atoms with Crippen molar-refractivity contribution in [2.75, 3.05) is 12.8 Å². The Bertz CT molecular complexity index is 559. The predicted octanol–water partition coefficient (Wildman–Crippen LogP) is 2.14. The van der Waals surface area contributed by atoms with Gasteiger partial charge in [0.2, 0.25) is 0 Å². The number of benzene rings is 1. The van der Waals surface area contributed by atoms with Gasteiger partial charge < -0.3 is 10.5 Å². The third kappa shape index (κ3) is 2.90. The van der Waals surface area contributed by atoms with Gasteiger partial charge in [-0.1, -0.05) is 0 Å². The highest BCUT2D eigenvalue weighted by Gasteiger charge is 2.33. The average Bonchev–Trinajstić information content (AvgIpc) is 2.41. The standard InChI is InChI=1S/C13H18FNO3S/c1-18-9-3-2-4-10(7-9)19(16,17)11-5-6-13(15)12(14)8-11/h5-6,8-10H,2-4,7,15H2,1H3. The molecule has 0 heterocycles. The van der Waals surface area contributed by atoms with E-state index in [1.54, 1.807) is 7.11 Å². The molecule has 1 fully saturated rings. The Balaban J connectivity index is 2.28. The van der Waals surface area contributed by atoms with Gasteiger partial charge in [0.1, 0.15) is 5.82 Å². The van der Waals surface area contributed by atoms with Crippen LogP contribution in [0.15, 0.2) is 23.1 Å². The molecule has 2 unspecified atom stereocenters. The summed E-state index contributed by atoms with van der Waals surface area (Å²) in [5, 5.41) is -0.505. The smallest absolute Gasteiger partial charge is 0.181 e. The molecule has 0 amide bonds. The van der Waals surface area contributed by atoms with E-state index in [4.69, 9.17) is 10.5 Å². The molecule has 1 aromatic rings. The first-order valence-corrected chi connectivity index (χ1v) is 7.81. The van der Waals surface area contributed by atoms with Gasteiger partial charge >= 0.3 is 0 Å². The van der Waals surface area contributed by atoms with E-state index >= 15 is 0 Å². The minimum atomic E-state index is -3.52. The van der Waals surface area contributed by atoms with Crippen molar-refractivity contribution in [3.8, 4) is 0 Å². The predicted molar refractivity (Wildman–Crippen MR) is 71.1 cm³/mol. The van der Waals surface area contributed by atoms with Gasteiger partial charge in [-0.15, -0.1) is 0 Å². The van der Waals surface area contributed by atoms with Gasteiger partial charge in [0, 0.05) is 7.11 Å². The topological polar surface area (TPSA) is 69.4 Å². The van der Waals surface area contributed by atoms with E-state index in [1.165, 1.54) is 12.1 Å². The molecular formula is C13H18FNO3S. The van der Waals surface area contributed by atoms with Crippen molar-refractivity contribution >= 4 is 15.5 Å². The van der Waals surface area contributed by atoms with Crippen LogP contribution >= 0.6 is 0 Å². The first-order chi connectivity index (χ1) is 8.95. The fraction of sp³-hybridized carbons (Fsp3) is 0.538. The van der Waals surface area contributed by atoms with E-state index in [-0.39, 0.29) is 16.7 Å². The number of halogens is 1. The number of nitrogens with two attached hydrogens (primary N) is 1. The number of nitrogen functional groups attached to an aromatic ring is 1. The van der Waals surface area contributed by atoms with Crippen molar-refractivity contribution in [3.63, 3.8) is 0 Å². The number of hydrogen-bond acceptors (Lipinski definition) is 4. The van der Waals surface area contributed by atoms with Gasteiger partial charge in [0.25, 0.3) is 0 Å². The Morgan fingerprint density at radius 1 is 1.37 bits per heavy atom. The molecule has 0 saturated heterocycles. The van der Waals surface area contributed by atoms with E-state index < -0.39 is 20.9 Å². The van der Waals surface area contributed by atoms with Crippen molar-refractivity contribution in [3.05, 3.63) is 24.0 Å². The third-order valence-electron chi connectivity index (χ3n) is 3.65. The lowest BCUT2D eigenvalue weighted by Crippen LogP contribution is -2.31. The number of hydrogen-bond donors (Lipinski definition) is 1. The first-order valence-electron chi connectivity index (χ1n) is 6.27. The maximum Gasteiger partial charge on any atom is 0.181 e. The highest BCUT2D eigenvalue weighted by atomic mass is 32.2. The molecule has 106 valence electrons. The quantitative estimate of drug-likeness (QED) is 0.865. The maximum atomic E-state index is 13.4. The lowest BCUT2D eigenvalue weighted by atomic mass is 9.97. The summed E-state index contributed by atoms with van der Waals surface area (Å²) in [6.07, 6.45) is 2.70. The van der Waals surface area contributed by atoms with Gasteiger partial charge in [-0.3, -0.25) is 0 Å². The van der Waals surface area contributed by atoms with Crippen LogP contribution in [-0.4, -0.2) is 26.9 Å². The lowest BCUT2D eigenvalue weighted by molar-refractivity contribution is 0.0720. The summed E-state index contributed by atoms with van der Waals surface area (Å²) in [6.45, 7) is 0. The second-order valence-corrected chi connectivity index (χ2v) is 7.10. The van der Waals surface area contributed by atoms with Crippen LogP contribution in [0, 0.1) is 5.82 Å². The highest BCUT2D eigenvalue weighted by Crippen LogP contribution is 2.30. The fourth-order valence-corrected chi connectivity index (χ4v) is 4.33. The molecule has 1 saturated carbocycles. The van der Waals surface area contributed by atoms with E-state index in [0.717, 1.165) is 18.9 Å². The van der Waals surface area contributed by atoms with Crippen LogP contribution in [0.25, 0.3) is 0 Å². The van der Waals surface area contributed by atoms with Gasteiger partial charge in [-0.05, 0) is 43.9 Å². The normalized spacial score (nSPS) is 24.3. The molecule has 19 heavy (non-hydrogen) atoms. The average molecular weight is 287 g/mol. The van der Waals surface area contributed by atoms with E-state index in [9.17, 15) is 12.8 Å². The van der Waals surface area contributed by atoms with Crippen molar-refractivity contribution in [1.82, 2.24) is 0 Å². The third-order valence-corrected chi connectivity index (χ3v) is 5.87. The summed E-state index contributed by atoms with van der Waals surface area (Å²) >= 11 is 0. The second kappa shape index (κ2) is 5.46. The summed E-state index contributed by atoms with van der Waals surface area (Å²) in [6, 6.07) is 3.66. The van der Waals surface area contributed by atoms with Gasteiger partial charge in [-0.2, -0.15) is 0 Å². The molecular weight excluding hydrogens is 269 g/mol. The number of sulfone groups is 1. The van der Waals surface area contributed by atoms with Crippen LogP contribution in [0.5, 0.6) is 0 Å². The van der Waals surface area contributed by atoms with Crippen molar-refractivity contribution in [1.29, 1.82) is 0 Å².